The lowest BCUT2D eigenvalue weighted by Crippen LogP contribution is -2.30. The van der Waals surface area contributed by atoms with Crippen molar-refractivity contribution in [3.8, 4) is 0 Å². The van der Waals surface area contributed by atoms with Gasteiger partial charge in [0.25, 0.3) is 5.91 Å². The van der Waals surface area contributed by atoms with Gasteiger partial charge in [-0.15, -0.1) is 0 Å². The van der Waals surface area contributed by atoms with Gasteiger partial charge in [0.05, 0.1) is 5.56 Å². The van der Waals surface area contributed by atoms with Gasteiger partial charge in [0.2, 0.25) is 0 Å². The molecule has 2 rings (SSSR count). The molecule has 2 atom stereocenters. The molecule has 0 bridgehead atoms. The second kappa shape index (κ2) is 5.38. The van der Waals surface area contributed by atoms with Crippen molar-refractivity contribution < 1.29 is 4.79 Å². The van der Waals surface area contributed by atoms with Crippen LogP contribution in [0.5, 0.6) is 0 Å². The van der Waals surface area contributed by atoms with E-state index < -0.39 is 0 Å². The summed E-state index contributed by atoms with van der Waals surface area (Å²) in [5.41, 5.74) is 0.625. The van der Waals surface area contributed by atoms with Gasteiger partial charge < -0.3 is 10.2 Å². The van der Waals surface area contributed by atoms with E-state index >= 15 is 0 Å². The van der Waals surface area contributed by atoms with Crippen LogP contribution in [0.1, 0.15) is 37.6 Å². The first-order chi connectivity index (χ1) is 8.63. The molecule has 1 N–H and O–H groups in total. The normalized spacial score (nSPS) is 23.2. The average Bonchev–Trinajstić information content (AvgIpc) is 2.71. The standard InChI is InChI=1S/C14H21N3O/c1-4-15-14(18)12-5-6-13(16-9-12)17-8-7-10(2)11(17)3/h5-6,9-11H,4,7-8H2,1-3H3,(H,15,18). The van der Waals surface area contributed by atoms with Crippen molar-refractivity contribution in [1.29, 1.82) is 0 Å². The number of carbonyl (C=O) groups is 1. The molecule has 1 amide bonds. The highest BCUT2D eigenvalue weighted by Crippen LogP contribution is 2.27. The van der Waals surface area contributed by atoms with Gasteiger partial charge in [0.15, 0.2) is 0 Å². The largest absolute Gasteiger partial charge is 0.354 e. The SMILES string of the molecule is CCNC(=O)c1ccc(N2CCC(C)C2C)nc1. The van der Waals surface area contributed by atoms with Crippen LogP contribution in [0, 0.1) is 5.92 Å². The summed E-state index contributed by atoms with van der Waals surface area (Å²) >= 11 is 0. The van der Waals surface area contributed by atoms with Crippen molar-refractivity contribution in [3.05, 3.63) is 23.9 Å². The number of rotatable bonds is 3. The number of amides is 1. The highest BCUT2D eigenvalue weighted by molar-refractivity contribution is 5.94. The molecule has 0 saturated carbocycles. The van der Waals surface area contributed by atoms with Crippen LogP contribution in [0.2, 0.25) is 0 Å². The smallest absolute Gasteiger partial charge is 0.252 e. The van der Waals surface area contributed by atoms with E-state index in [2.05, 4.69) is 29.0 Å². The number of aromatic nitrogens is 1. The average molecular weight is 247 g/mol. The molecule has 1 aromatic rings. The first-order valence-electron chi connectivity index (χ1n) is 6.64. The van der Waals surface area contributed by atoms with E-state index in [-0.39, 0.29) is 5.91 Å². The third-order valence-corrected chi connectivity index (χ3v) is 3.78. The van der Waals surface area contributed by atoms with Crippen molar-refractivity contribution in [1.82, 2.24) is 10.3 Å². The summed E-state index contributed by atoms with van der Waals surface area (Å²) in [5, 5.41) is 2.77. The van der Waals surface area contributed by atoms with Crippen LogP contribution >= 0.6 is 0 Å². The molecule has 4 heteroatoms. The minimum absolute atomic E-state index is 0.0561. The molecule has 1 aliphatic heterocycles. The monoisotopic (exact) mass is 247 g/mol. The molecule has 2 unspecified atom stereocenters. The highest BCUT2D eigenvalue weighted by Gasteiger charge is 2.28. The third kappa shape index (κ3) is 2.47. The Morgan fingerprint density at radius 2 is 2.28 bits per heavy atom. The van der Waals surface area contributed by atoms with Gasteiger partial charge in [-0.25, -0.2) is 4.98 Å². The molecule has 0 aromatic carbocycles. The Hall–Kier alpha value is -1.58. The van der Waals surface area contributed by atoms with Gasteiger partial charge in [-0.2, -0.15) is 0 Å². The Bertz CT molecular complexity index is 416. The molecule has 1 aliphatic rings. The van der Waals surface area contributed by atoms with Crippen molar-refractivity contribution in [2.45, 2.75) is 33.2 Å². The van der Waals surface area contributed by atoms with Crippen LogP contribution in [0.3, 0.4) is 0 Å². The lowest BCUT2D eigenvalue weighted by molar-refractivity contribution is 0.0955. The fourth-order valence-corrected chi connectivity index (χ4v) is 2.37. The molecular weight excluding hydrogens is 226 g/mol. The maximum atomic E-state index is 11.6. The highest BCUT2D eigenvalue weighted by atomic mass is 16.1. The van der Waals surface area contributed by atoms with Gasteiger partial charge in [-0.3, -0.25) is 4.79 Å². The van der Waals surface area contributed by atoms with Gasteiger partial charge >= 0.3 is 0 Å². The Kier molecular flexibility index (Phi) is 3.84. The number of pyridine rings is 1. The van der Waals surface area contributed by atoms with E-state index in [9.17, 15) is 4.79 Å². The summed E-state index contributed by atoms with van der Waals surface area (Å²) in [6.07, 6.45) is 2.87. The number of nitrogens with zero attached hydrogens (tertiary/aromatic N) is 2. The first-order valence-corrected chi connectivity index (χ1v) is 6.64. The fraction of sp³-hybridized carbons (Fsp3) is 0.571. The molecule has 1 fully saturated rings. The maximum Gasteiger partial charge on any atom is 0.252 e. The third-order valence-electron chi connectivity index (χ3n) is 3.78. The number of nitrogens with one attached hydrogen (secondary N) is 1. The van der Waals surface area contributed by atoms with Crippen LogP contribution in [0.25, 0.3) is 0 Å². The molecule has 1 saturated heterocycles. The number of hydrogen-bond donors (Lipinski definition) is 1. The molecule has 2 heterocycles. The zero-order chi connectivity index (χ0) is 13.1. The Labute approximate surface area is 108 Å². The van der Waals surface area contributed by atoms with Crippen molar-refractivity contribution in [3.63, 3.8) is 0 Å². The molecule has 18 heavy (non-hydrogen) atoms. The van der Waals surface area contributed by atoms with Crippen LogP contribution in [-0.4, -0.2) is 30.0 Å². The van der Waals surface area contributed by atoms with E-state index in [0.717, 1.165) is 12.4 Å². The van der Waals surface area contributed by atoms with Crippen LogP contribution in [0.4, 0.5) is 5.82 Å². The zero-order valence-corrected chi connectivity index (χ0v) is 11.3. The first kappa shape index (κ1) is 12.9. The molecule has 98 valence electrons. The van der Waals surface area contributed by atoms with E-state index in [0.29, 0.717) is 24.1 Å². The lowest BCUT2D eigenvalue weighted by Gasteiger charge is -2.24. The molecule has 1 aromatic heterocycles. The summed E-state index contributed by atoms with van der Waals surface area (Å²) in [4.78, 5) is 18.4. The molecule has 0 aliphatic carbocycles. The number of anilines is 1. The van der Waals surface area contributed by atoms with Crippen molar-refractivity contribution in [2.24, 2.45) is 5.92 Å². The van der Waals surface area contributed by atoms with E-state index in [1.807, 2.05) is 19.1 Å². The second-order valence-corrected chi connectivity index (χ2v) is 4.96. The molecule has 4 nitrogen and oxygen atoms in total. The van der Waals surface area contributed by atoms with Crippen molar-refractivity contribution >= 4 is 11.7 Å². The molecule has 0 radical (unpaired) electrons. The minimum atomic E-state index is -0.0561. The number of carbonyl (C=O) groups excluding carboxylic acids is 1. The van der Waals surface area contributed by atoms with E-state index in [1.54, 1.807) is 6.20 Å². The van der Waals surface area contributed by atoms with E-state index in [4.69, 9.17) is 0 Å². The van der Waals surface area contributed by atoms with Gasteiger partial charge in [0.1, 0.15) is 5.82 Å². The van der Waals surface area contributed by atoms with Gasteiger partial charge in [0, 0.05) is 25.3 Å². The molecular formula is C14H21N3O. The Morgan fingerprint density at radius 1 is 1.50 bits per heavy atom. The maximum absolute atomic E-state index is 11.6. The Balaban J connectivity index is 2.10. The summed E-state index contributed by atoms with van der Waals surface area (Å²) in [6, 6.07) is 4.31. The quantitative estimate of drug-likeness (QED) is 0.889. The van der Waals surface area contributed by atoms with Gasteiger partial charge in [-0.1, -0.05) is 6.92 Å². The predicted octanol–water partition coefficient (Wildman–Crippen LogP) is 2.07. The topological polar surface area (TPSA) is 45.2 Å². The van der Waals surface area contributed by atoms with Crippen LogP contribution in [-0.2, 0) is 0 Å². The van der Waals surface area contributed by atoms with Gasteiger partial charge in [-0.05, 0) is 38.3 Å². The number of hydrogen-bond acceptors (Lipinski definition) is 3. The second-order valence-electron chi connectivity index (χ2n) is 4.96. The Morgan fingerprint density at radius 3 is 2.78 bits per heavy atom. The minimum Gasteiger partial charge on any atom is -0.354 e. The summed E-state index contributed by atoms with van der Waals surface area (Å²) in [7, 11) is 0. The van der Waals surface area contributed by atoms with Crippen LogP contribution < -0.4 is 10.2 Å². The lowest BCUT2D eigenvalue weighted by atomic mass is 10.1. The molecule has 0 spiro atoms. The zero-order valence-electron chi connectivity index (χ0n) is 11.3. The van der Waals surface area contributed by atoms with E-state index in [1.165, 1.54) is 6.42 Å². The predicted molar refractivity (Wildman–Crippen MR) is 72.8 cm³/mol. The summed E-state index contributed by atoms with van der Waals surface area (Å²) in [6.45, 7) is 8.11. The fourth-order valence-electron chi connectivity index (χ4n) is 2.37. The summed E-state index contributed by atoms with van der Waals surface area (Å²) in [5.74, 6) is 1.62. The van der Waals surface area contributed by atoms with Crippen molar-refractivity contribution in [2.75, 3.05) is 18.0 Å². The van der Waals surface area contributed by atoms with Crippen LogP contribution in [0.15, 0.2) is 18.3 Å². The summed E-state index contributed by atoms with van der Waals surface area (Å²) < 4.78 is 0.